The lowest BCUT2D eigenvalue weighted by Gasteiger charge is -2.27. The molecule has 0 aliphatic carbocycles. The maximum Gasteiger partial charge on any atom is 0.242 e. The molecule has 4 rings (SSSR count). The topological polar surface area (TPSA) is 65.8 Å². The van der Waals surface area contributed by atoms with E-state index in [2.05, 4.69) is 4.98 Å². The highest BCUT2D eigenvalue weighted by atomic mass is 16.5. The Morgan fingerprint density at radius 2 is 1.79 bits per heavy atom. The molecular weight excluding hydrogens is 358 g/mol. The number of methoxy groups -OCH3 is 1. The summed E-state index contributed by atoms with van der Waals surface area (Å²) in [5.41, 5.74) is 1.76. The zero-order chi connectivity index (χ0) is 19.3. The molecule has 1 amide bonds. The Balaban J connectivity index is 1.58. The van der Waals surface area contributed by atoms with Gasteiger partial charge >= 0.3 is 0 Å². The van der Waals surface area contributed by atoms with Gasteiger partial charge in [0.1, 0.15) is 19.0 Å². The molecule has 2 aromatic carbocycles. The number of aromatic nitrogens is 2. The summed E-state index contributed by atoms with van der Waals surface area (Å²) in [6.07, 6.45) is 0. The van der Waals surface area contributed by atoms with E-state index in [-0.39, 0.29) is 19.1 Å². The molecule has 0 radical (unpaired) electrons. The molecule has 1 saturated heterocycles. The first-order chi connectivity index (χ1) is 13.8. The number of hydrogen-bond acceptors (Lipinski definition) is 5. The lowest BCUT2D eigenvalue weighted by molar-refractivity contribution is -0.135. The molecule has 0 spiro atoms. The maximum absolute atomic E-state index is 12.8. The van der Waals surface area contributed by atoms with Crippen LogP contribution in [0, 0.1) is 0 Å². The molecule has 7 nitrogen and oxygen atoms in total. The quantitative estimate of drug-likeness (QED) is 0.656. The highest BCUT2D eigenvalue weighted by Crippen LogP contribution is 2.27. The fourth-order valence-corrected chi connectivity index (χ4v) is 3.34. The Labute approximate surface area is 163 Å². The third-order valence-corrected chi connectivity index (χ3v) is 4.82. The van der Waals surface area contributed by atoms with Gasteiger partial charge in [0.25, 0.3) is 0 Å². The first kappa shape index (κ1) is 18.3. The number of hydrogen-bond donors (Lipinski definition) is 0. The minimum Gasteiger partial charge on any atom is -0.493 e. The molecule has 1 aliphatic heterocycles. The number of para-hydroxylation sites is 4. The summed E-state index contributed by atoms with van der Waals surface area (Å²) in [4.78, 5) is 19.3. The number of ether oxygens (including phenoxy) is 3. The van der Waals surface area contributed by atoms with Crippen molar-refractivity contribution in [2.75, 3.05) is 33.4 Å². The van der Waals surface area contributed by atoms with Crippen molar-refractivity contribution in [3.8, 4) is 11.5 Å². The number of nitrogens with zero attached hydrogens (tertiary/aromatic N) is 3. The summed E-state index contributed by atoms with van der Waals surface area (Å²) in [6.45, 7) is 2.88. The van der Waals surface area contributed by atoms with E-state index < -0.39 is 0 Å². The molecule has 0 N–H and O–H groups in total. The molecule has 0 unspecified atom stereocenters. The van der Waals surface area contributed by atoms with Gasteiger partial charge < -0.3 is 23.7 Å². The summed E-state index contributed by atoms with van der Waals surface area (Å²) in [5, 5.41) is 0. The van der Waals surface area contributed by atoms with Gasteiger partial charge in [0.2, 0.25) is 5.91 Å². The lowest BCUT2D eigenvalue weighted by atomic mass is 10.3. The number of benzene rings is 2. The second-order valence-corrected chi connectivity index (χ2v) is 6.54. The molecule has 1 aromatic heterocycles. The van der Waals surface area contributed by atoms with E-state index in [9.17, 15) is 4.79 Å². The highest BCUT2D eigenvalue weighted by molar-refractivity contribution is 5.81. The number of fused-ring (bicyclic) bond motifs is 1. The number of imidazole rings is 1. The number of carbonyl (C=O) groups is 1. The predicted molar refractivity (Wildman–Crippen MR) is 104 cm³/mol. The average Bonchev–Trinajstić information content (AvgIpc) is 3.10. The van der Waals surface area contributed by atoms with Gasteiger partial charge in [-0.05, 0) is 24.3 Å². The molecule has 146 valence electrons. The molecule has 0 saturated carbocycles. The Morgan fingerprint density at radius 1 is 1.07 bits per heavy atom. The van der Waals surface area contributed by atoms with E-state index in [0.29, 0.717) is 43.6 Å². The molecular formula is C21H23N3O4. The maximum atomic E-state index is 12.8. The summed E-state index contributed by atoms with van der Waals surface area (Å²) in [5.74, 6) is 2.07. The van der Waals surface area contributed by atoms with E-state index in [1.54, 1.807) is 7.11 Å². The van der Waals surface area contributed by atoms with Crippen LogP contribution >= 0.6 is 0 Å². The molecule has 0 bridgehead atoms. The second kappa shape index (κ2) is 8.31. The van der Waals surface area contributed by atoms with Gasteiger partial charge in [-0.25, -0.2) is 4.98 Å². The van der Waals surface area contributed by atoms with Gasteiger partial charge in [-0.2, -0.15) is 0 Å². The number of carbonyl (C=O) groups excluding carboxylic acids is 1. The lowest BCUT2D eigenvalue weighted by Crippen LogP contribution is -2.42. The Hall–Kier alpha value is -3.06. The predicted octanol–water partition coefficient (Wildman–Crippen LogP) is 2.48. The van der Waals surface area contributed by atoms with E-state index in [4.69, 9.17) is 14.2 Å². The summed E-state index contributed by atoms with van der Waals surface area (Å²) in [6, 6.07) is 15.3. The largest absolute Gasteiger partial charge is 0.493 e. The third kappa shape index (κ3) is 3.80. The van der Waals surface area contributed by atoms with E-state index in [1.807, 2.05) is 58.0 Å². The monoisotopic (exact) mass is 381 g/mol. The van der Waals surface area contributed by atoms with Crippen LogP contribution in [0.2, 0.25) is 0 Å². The van der Waals surface area contributed by atoms with Crippen molar-refractivity contribution in [2.45, 2.75) is 13.2 Å². The minimum absolute atomic E-state index is 0.0602. The van der Waals surface area contributed by atoms with Crippen molar-refractivity contribution in [1.29, 1.82) is 0 Å². The fraction of sp³-hybridized carbons (Fsp3) is 0.333. The van der Waals surface area contributed by atoms with E-state index in [0.717, 1.165) is 11.0 Å². The van der Waals surface area contributed by atoms with Crippen molar-refractivity contribution in [1.82, 2.24) is 14.5 Å². The molecule has 1 fully saturated rings. The molecule has 3 aromatic rings. The normalized spacial score (nSPS) is 14.2. The minimum atomic E-state index is 0.0602. The first-order valence-electron chi connectivity index (χ1n) is 9.32. The van der Waals surface area contributed by atoms with Crippen molar-refractivity contribution >= 4 is 16.9 Å². The first-order valence-corrected chi connectivity index (χ1v) is 9.32. The van der Waals surface area contributed by atoms with Gasteiger partial charge in [0, 0.05) is 13.1 Å². The SMILES string of the molecule is COc1ccccc1OCc1nc2ccccc2n1CC(=O)N1CCOCC1. The van der Waals surface area contributed by atoms with Crippen molar-refractivity contribution in [2.24, 2.45) is 0 Å². The Kier molecular flexibility index (Phi) is 5.43. The van der Waals surface area contributed by atoms with Gasteiger partial charge in [0.15, 0.2) is 11.5 Å². The zero-order valence-electron chi connectivity index (χ0n) is 15.8. The zero-order valence-corrected chi connectivity index (χ0v) is 15.8. The number of morpholine rings is 1. The van der Waals surface area contributed by atoms with Crippen LogP contribution in [0.3, 0.4) is 0 Å². The molecule has 1 aliphatic rings. The van der Waals surface area contributed by atoms with Crippen LogP contribution in [0.4, 0.5) is 0 Å². The van der Waals surface area contributed by atoms with Crippen LogP contribution in [-0.2, 0) is 22.7 Å². The van der Waals surface area contributed by atoms with Crippen molar-refractivity contribution in [3.63, 3.8) is 0 Å². The van der Waals surface area contributed by atoms with Crippen molar-refractivity contribution < 1.29 is 19.0 Å². The van der Waals surface area contributed by atoms with E-state index >= 15 is 0 Å². The highest BCUT2D eigenvalue weighted by Gasteiger charge is 2.20. The standard InChI is InChI=1S/C21H23N3O4/c1-26-18-8-4-5-9-19(18)28-15-20-22-16-6-2-3-7-17(16)24(20)14-21(25)23-10-12-27-13-11-23/h2-9H,10-15H2,1H3. The number of rotatable bonds is 6. The van der Waals surface area contributed by atoms with Crippen LogP contribution in [0.15, 0.2) is 48.5 Å². The molecule has 28 heavy (non-hydrogen) atoms. The van der Waals surface area contributed by atoms with Crippen molar-refractivity contribution in [3.05, 3.63) is 54.4 Å². The van der Waals surface area contributed by atoms with Crippen LogP contribution in [0.1, 0.15) is 5.82 Å². The fourth-order valence-electron chi connectivity index (χ4n) is 3.34. The smallest absolute Gasteiger partial charge is 0.242 e. The Bertz CT molecular complexity index is 963. The summed E-state index contributed by atoms with van der Waals surface area (Å²) in [7, 11) is 1.61. The average molecular weight is 381 g/mol. The van der Waals surface area contributed by atoms with Crippen LogP contribution in [0.25, 0.3) is 11.0 Å². The summed E-state index contributed by atoms with van der Waals surface area (Å²) >= 11 is 0. The van der Waals surface area contributed by atoms with Gasteiger partial charge in [-0.15, -0.1) is 0 Å². The molecule has 7 heteroatoms. The third-order valence-electron chi connectivity index (χ3n) is 4.82. The molecule has 0 atom stereocenters. The van der Waals surface area contributed by atoms with E-state index in [1.165, 1.54) is 0 Å². The summed E-state index contributed by atoms with van der Waals surface area (Å²) < 4.78 is 18.6. The van der Waals surface area contributed by atoms with Gasteiger partial charge in [-0.3, -0.25) is 4.79 Å². The second-order valence-electron chi connectivity index (χ2n) is 6.54. The van der Waals surface area contributed by atoms with Crippen LogP contribution in [-0.4, -0.2) is 53.8 Å². The van der Waals surface area contributed by atoms with Gasteiger partial charge in [0.05, 0.1) is 31.4 Å². The van der Waals surface area contributed by atoms with Crippen LogP contribution < -0.4 is 9.47 Å². The molecule has 2 heterocycles. The van der Waals surface area contributed by atoms with Crippen LogP contribution in [0.5, 0.6) is 11.5 Å². The van der Waals surface area contributed by atoms with Gasteiger partial charge in [-0.1, -0.05) is 24.3 Å². The number of amides is 1. The Morgan fingerprint density at radius 3 is 2.57 bits per heavy atom.